The normalized spacial score (nSPS) is 22.8. The van der Waals surface area contributed by atoms with Crippen molar-refractivity contribution in [2.45, 2.75) is 24.3 Å². The minimum absolute atomic E-state index is 0.303. The minimum atomic E-state index is -2.62. The molecule has 1 aliphatic rings. The van der Waals surface area contributed by atoms with Crippen molar-refractivity contribution in [1.82, 2.24) is 9.78 Å². The highest BCUT2D eigenvalue weighted by molar-refractivity contribution is 5.27. The van der Waals surface area contributed by atoms with Gasteiger partial charge in [0.2, 0.25) is 0 Å². The molecule has 0 atom stereocenters. The summed E-state index contributed by atoms with van der Waals surface area (Å²) in [6.45, 7) is 3.51. The van der Waals surface area contributed by atoms with Crippen LogP contribution < -0.4 is 5.73 Å². The first-order valence-electron chi connectivity index (χ1n) is 4.29. The zero-order valence-corrected chi connectivity index (χ0v) is 7.58. The molecule has 0 aromatic carbocycles. The van der Waals surface area contributed by atoms with Crippen LogP contribution in [0.25, 0.3) is 6.20 Å². The van der Waals surface area contributed by atoms with Crippen molar-refractivity contribution in [3.63, 3.8) is 0 Å². The number of hydrogen-bond donors (Lipinski definition) is 1. The maximum absolute atomic E-state index is 12.7. The molecule has 0 unspecified atom stereocenters. The van der Waals surface area contributed by atoms with E-state index in [2.05, 4.69) is 11.7 Å². The minimum Gasteiger partial charge on any atom is -0.321 e. The topological polar surface area (TPSA) is 43.8 Å². The molecular formula is C9H11F2N3. The fourth-order valence-electron chi connectivity index (χ4n) is 1.77. The molecule has 1 aliphatic carbocycles. The van der Waals surface area contributed by atoms with Gasteiger partial charge in [-0.05, 0) is 0 Å². The van der Waals surface area contributed by atoms with Crippen molar-refractivity contribution in [2.75, 3.05) is 0 Å². The van der Waals surface area contributed by atoms with E-state index in [0.717, 1.165) is 0 Å². The van der Waals surface area contributed by atoms with Crippen LogP contribution in [0.5, 0.6) is 0 Å². The van der Waals surface area contributed by atoms with Gasteiger partial charge in [-0.1, -0.05) is 6.58 Å². The number of halogens is 2. The molecule has 3 nitrogen and oxygen atoms in total. The standard InChI is InChI=1S/C9H11F2N3/c1-2-14-4-7(3-13-14)8(12)5-9(10,11)6-8/h2-4H,1,5-6,12H2. The zero-order chi connectivity index (χ0) is 10.4. The molecule has 1 heterocycles. The molecule has 1 aromatic rings. The summed E-state index contributed by atoms with van der Waals surface area (Å²) in [4.78, 5) is 0. The van der Waals surface area contributed by atoms with Crippen LogP contribution in [0.1, 0.15) is 18.4 Å². The van der Waals surface area contributed by atoms with Crippen molar-refractivity contribution in [1.29, 1.82) is 0 Å². The third-order valence-electron chi connectivity index (χ3n) is 2.51. The summed E-state index contributed by atoms with van der Waals surface area (Å²) in [6.07, 6.45) is 4.02. The van der Waals surface area contributed by atoms with E-state index in [1.54, 1.807) is 6.20 Å². The first kappa shape index (κ1) is 9.33. The lowest BCUT2D eigenvalue weighted by Crippen LogP contribution is -2.55. The van der Waals surface area contributed by atoms with E-state index in [1.807, 2.05) is 0 Å². The van der Waals surface area contributed by atoms with E-state index >= 15 is 0 Å². The quantitative estimate of drug-likeness (QED) is 0.785. The summed E-state index contributed by atoms with van der Waals surface area (Å²) in [5.41, 5.74) is 5.53. The monoisotopic (exact) mass is 199 g/mol. The molecule has 2 rings (SSSR count). The predicted octanol–water partition coefficient (Wildman–Crippen LogP) is 1.57. The Morgan fingerprint density at radius 3 is 2.64 bits per heavy atom. The number of aromatic nitrogens is 2. The molecule has 2 N–H and O–H groups in total. The largest absolute Gasteiger partial charge is 0.321 e. The van der Waals surface area contributed by atoms with Crippen LogP contribution in [-0.4, -0.2) is 15.7 Å². The second-order valence-corrected chi connectivity index (χ2v) is 3.76. The Labute approximate surface area is 80.2 Å². The lowest BCUT2D eigenvalue weighted by Gasteiger charge is -2.43. The van der Waals surface area contributed by atoms with Crippen LogP contribution >= 0.6 is 0 Å². The molecular weight excluding hydrogens is 188 g/mol. The Hall–Kier alpha value is -1.23. The lowest BCUT2D eigenvalue weighted by molar-refractivity contribution is -0.125. The van der Waals surface area contributed by atoms with Gasteiger partial charge in [0.1, 0.15) is 0 Å². The van der Waals surface area contributed by atoms with E-state index < -0.39 is 11.5 Å². The lowest BCUT2D eigenvalue weighted by atomic mass is 9.71. The van der Waals surface area contributed by atoms with Crippen molar-refractivity contribution in [2.24, 2.45) is 5.73 Å². The fourth-order valence-corrected chi connectivity index (χ4v) is 1.77. The first-order chi connectivity index (χ1) is 6.45. The van der Waals surface area contributed by atoms with Gasteiger partial charge in [0, 0.05) is 30.8 Å². The highest BCUT2D eigenvalue weighted by Gasteiger charge is 2.55. The van der Waals surface area contributed by atoms with Gasteiger partial charge < -0.3 is 5.73 Å². The predicted molar refractivity (Wildman–Crippen MR) is 48.7 cm³/mol. The average Bonchev–Trinajstić information content (AvgIpc) is 2.48. The Kier molecular flexibility index (Phi) is 1.75. The summed E-state index contributed by atoms with van der Waals surface area (Å²) >= 11 is 0. The van der Waals surface area contributed by atoms with Gasteiger partial charge in [-0.3, -0.25) is 0 Å². The van der Waals surface area contributed by atoms with E-state index in [-0.39, 0.29) is 12.8 Å². The van der Waals surface area contributed by atoms with Crippen molar-refractivity contribution in [3.05, 3.63) is 24.5 Å². The van der Waals surface area contributed by atoms with Gasteiger partial charge in [-0.2, -0.15) is 5.10 Å². The van der Waals surface area contributed by atoms with Crippen molar-refractivity contribution >= 4 is 6.20 Å². The Bertz CT molecular complexity index is 362. The number of hydrogen-bond acceptors (Lipinski definition) is 2. The van der Waals surface area contributed by atoms with E-state index in [1.165, 1.54) is 17.1 Å². The van der Waals surface area contributed by atoms with Gasteiger partial charge in [0.25, 0.3) is 5.92 Å². The third kappa shape index (κ3) is 1.33. The highest BCUT2D eigenvalue weighted by atomic mass is 19.3. The van der Waals surface area contributed by atoms with Gasteiger partial charge in [0.05, 0.1) is 11.7 Å². The SMILES string of the molecule is C=Cn1cc(C2(N)CC(F)(F)C2)cn1. The van der Waals surface area contributed by atoms with Crippen molar-refractivity contribution < 1.29 is 8.78 Å². The number of nitrogens with zero attached hydrogens (tertiary/aromatic N) is 2. The Morgan fingerprint density at radius 1 is 1.57 bits per heavy atom. The first-order valence-corrected chi connectivity index (χ1v) is 4.29. The summed E-state index contributed by atoms with van der Waals surface area (Å²) in [6, 6.07) is 0. The van der Waals surface area contributed by atoms with Crippen LogP contribution in [-0.2, 0) is 5.54 Å². The van der Waals surface area contributed by atoms with Gasteiger partial charge >= 0.3 is 0 Å². The van der Waals surface area contributed by atoms with E-state index in [0.29, 0.717) is 5.56 Å². The van der Waals surface area contributed by atoms with Crippen molar-refractivity contribution in [3.8, 4) is 0 Å². The molecule has 5 heteroatoms. The molecule has 1 fully saturated rings. The Morgan fingerprint density at radius 2 is 2.21 bits per heavy atom. The van der Waals surface area contributed by atoms with Crippen LogP contribution in [0.4, 0.5) is 8.78 Å². The number of rotatable bonds is 2. The molecule has 1 saturated carbocycles. The molecule has 14 heavy (non-hydrogen) atoms. The maximum atomic E-state index is 12.7. The zero-order valence-electron chi connectivity index (χ0n) is 7.58. The van der Waals surface area contributed by atoms with Crippen LogP contribution in [0, 0.1) is 0 Å². The molecule has 76 valence electrons. The van der Waals surface area contributed by atoms with Gasteiger partial charge in [0.15, 0.2) is 0 Å². The summed E-state index contributed by atoms with van der Waals surface area (Å²) in [5.74, 6) is -2.62. The highest BCUT2D eigenvalue weighted by Crippen LogP contribution is 2.49. The number of alkyl halides is 2. The second-order valence-electron chi connectivity index (χ2n) is 3.76. The smallest absolute Gasteiger partial charge is 0.252 e. The fraction of sp³-hybridized carbons (Fsp3) is 0.444. The summed E-state index contributed by atoms with van der Waals surface area (Å²) in [7, 11) is 0. The van der Waals surface area contributed by atoms with E-state index in [9.17, 15) is 8.78 Å². The molecule has 0 spiro atoms. The van der Waals surface area contributed by atoms with Crippen LogP contribution in [0.15, 0.2) is 19.0 Å². The average molecular weight is 199 g/mol. The maximum Gasteiger partial charge on any atom is 0.252 e. The summed E-state index contributed by atoms with van der Waals surface area (Å²) < 4.78 is 26.8. The Balaban J connectivity index is 2.20. The molecule has 0 bridgehead atoms. The molecule has 0 amide bonds. The van der Waals surface area contributed by atoms with Crippen LogP contribution in [0.2, 0.25) is 0 Å². The second kappa shape index (κ2) is 2.63. The van der Waals surface area contributed by atoms with E-state index in [4.69, 9.17) is 5.73 Å². The molecule has 0 aliphatic heterocycles. The molecule has 0 saturated heterocycles. The number of nitrogens with two attached hydrogens (primary N) is 1. The van der Waals surface area contributed by atoms with Gasteiger partial charge in [-0.25, -0.2) is 13.5 Å². The van der Waals surface area contributed by atoms with Crippen LogP contribution in [0.3, 0.4) is 0 Å². The van der Waals surface area contributed by atoms with Gasteiger partial charge in [-0.15, -0.1) is 0 Å². The molecule has 1 aromatic heterocycles. The molecule has 0 radical (unpaired) electrons. The third-order valence-corrected chi connectivity index (χ3v) is 2.51. The summed E-state index contributed by atoms with van der Waals surface area (Å²) in [5, 5.41) is 3.90.